The van der Waals surface area contributed by atoms with Crippen LogP contribution in [-0.2, 0) is 10.2 Å². The molecule has 1 saturated heterocycles. The molecular formula is C11H20N4OS. The van der Waals surface area contributed by atoms with Crippen molar-refractivity contribution < 1.29 is 4.74 Å². The number of hydrogen-bond donors (Lipinski definition) is 2. The Balaban J connectivity index is 1.84. The van der Waals surface area contributed by atoms with Crippen LogP contribution in [-0.4, -0.2) is 41.7 Å². The fourth-order valence-electron chi connectivity index (χ4n) is 1.56. The molecule has 1 atom stereocenters. The molecule has 2 rings (SSSR count). The lowest BCUT2D eigenvalue weighted by molar-refractivity contribution is 0.0806. The Morgan fingerprint density at radius 1 is 1.53 bits per heavy atom. The van der Waals surface area contributed by atoms with Crippen molar-refractivity contribution in [2.75, 3.05) is 31.6 Å². The van der Waals surface area contributed by atoms with Gasteiger partial charge in [-0.15, -0.1) is 0 Å². The van der Waals surface area contributed by atoms with E-state index in [9.17, 15) is 0 Å². The molecule has 6 heteroatoms. The molecule has 0 radical (unpaired) electrons. The third-order valence-electron chi connectivity index (χ3n) is 2.59. The van der Waals surface area contributed by atoms with Gasteiger partial charge in [0.25, 0.3) is 0 Å². The molecule has 17 heavy (non-hydrogen) atoms. The van der Waals surface area contributed by atoms with Gasteiger partial charge in [0.05, 0.1) is 13.2 Å². The molecule has 96 valence electrons. The lowest BCUT2D eigenvalue weighted by Gasteiger charge is -2.23. The van der Waals surface area contributed by atoms with Gasteiger partial charge in [-0.1, -0.05) is 20.8 Å². The molecule has 2 N–H and O–H groups in total. The summed E-state index contributed by atoms with van der Waals surface area (Å²) < 4.78 is 9.76. The summed E-state index contributed by atoms with van der Waals surface area (Å²) in [5, 5.41) is 7.60. The molecule has 1 fully saturated rings. The van der Waals surface area contributed by atoms with E-state index in [4.69, 9.17) is 4.74 Å². The molecule has 1 unspecified atom stereocenters. The van der Waals surface area contributed by atoms with Crippen molar-refractivity contribution in [3.8, 4) is 0 Å². The highest BCUT2D eigenvalue weighted by molar-refractivity contribution is 7.09. The minimum Gasteiger partial charge on any atom is -0.378 e. The highest BCUT2D eigenvalue weighted by Gasteiger charge is 2.20. The number of nitrogens with zero attached hydrogens (tertiary/aromatic N) is 2. The second-order valence-corrected chi connectivity index (χ2v) is 6.03. The predicted octanol–water partition coefficient (Wildman–Crippen LogP) is 1.24. The van der Waals surface area contributed by atoms with Crippen LogP contribution in [0, 0.1) is 0 Å². The van der Waals surface area contributed by atoms with E-state index in [-0.39, 0.29) is 5.41 Å². The van der Waals surface area contributed by atoms with Crippen molar-refractivity contribution in [3.05, 3.63) is 5.82 Å². The fourth-order valence-corrected chi connectivity index (χ4v) is 2.32. The number of rotatable bonds is 3. The molecule has 0 saturated carbocycles. The van der Waals surface area contributed by atoms with Gasteiger partial charge in [-0.05, 0) is 0 Å². The number of morpholine rings is 1. The first-order valence-corrected chi connectivity index (χ1v) is 6.72. The van der Waals surface area contributed by atoms with Crippen molar-refractivity contribution >= 4 is 16.7 Å². The lowest BCUT2D eigenvalue weighted by atomic mass is 9.96. The predicted molar refractivity (Wildman–Crippen MR) is 69.7 cm³/mol. The normalized spacial score (nSPS) is 21.5. The van der Waals surface area contributed by atoms with E-state index in [1.165, 1.54) is 11.5 Å². The van der Waals surface area contributed by atoms with Gasteiger partial charge in [-0.3, -0.25) is 0 Å². The van der Waals surface area contributed by atoms with Gasteiger partial charge in [0, 0.05) is 36.1 Å². The van der Waals surface area contributed by atoms with Crippen molar-refractivity contribution in [3.63, 3.8) is 0 Å². The number of hydrogen-bond acceptors (Lipinski definition) is 6. The Bertz CT molecular complexity index is 355. The van der Waals surface area contributed by atoms with Crippen LogP contribution >= 0.6 is 11.5 Å². The van der Waals surface area contributed by atoms with E-state index in [1.54, 1.807) is 0 Å². The van der Waals surface area contributed by atoms with Gasteiger partial charge in [0.15, 0.2) is 0 Å². The highest BCUT2D eigenvalue weighted by Crippen LogP contribution is 2.22. The number of ether oxygens (including phenoxy) is 1. The number of nitrogens with one attached hydrogen (secondary N) is 2. The maximum absolute atomic E-state index is 5.39. The van der Waals surface area contributed by atoms with E-state index in [0.29, 0.717) is 6.04 Å². The van der Waals surface area contributed by atoms with E-state index >= 15 is 0 Å². The average Bonchev–Trinajstić information content (AvgIpc) is 2.76. The molecule has 1 aliphatic heterocycles. The molecule has 1 aromatic rings. The third kappa shape index (κ3) is 3.62. The smallest absolute Gasteiger partial charge is 0.202 e. The second-order valence-electron chi connectivity index (χ2n) is 5.28. The van der Waals surface area contributed by atoms with Crippen molar-refractivity contribution in [2.45, 2.75) is 32.2 Å². The molecule has 0 spiro atoms. The van der Waals surface area contributed by atoms with Crippen molar-refractivity contribution in [2.24, 2.45) is 0 Å². The van der Waals surface area contributed by atoms with Crippen LogP contribution in [0.1, 0.15) is 26.6 Å². The zero-order valence-electron chi connectivity index (χ0n) is 10.6. The Morgan fingerprint density at radius 2 is 2.35 bits per heavy atom. The van der Waals surface area contributed by atoms with E-state index in [2.05, 4.69) is 40.8 Å². The largest absolute Gasteiger partial charge is 0.378 e. The first kappa shape index (κ1) is 12.7. The van der Waals surface area contributed by atoms with Gasteiger partial charge in [0.1, 0.15) is 5.82 Å². The summed E-state index contributed by atoms with van der Waals surface area (Å²) in [5.41, 5.74) is 0.0165. The Morgan fingerprint density at radius 3 is 2.94 bits per heavy atom. The van der Waals surface area contributed by atoms with Crippen molar-refractivity contribution in [1.29, 1.82) is 0 Å². The highest BCUT2D eigenvalue weighted by atomic mass is 32.1. The molecular weight excluding hydrogens is 236 g/mol. The zero-order chi connectivity index (χ0) is 12.3. The van der Waals surface area contributed by atoms with Crippen LogP contribution in [0.25, 0.3) is 0 Å². The minimum absolute atomic E-state index is 0.0165. The summed E-state index contributed by atoms with van der Waals surface area (Å²) in [6.45, 7) is 9.69. The Kier molecular flexibility index (Phi) is 3.96. The van der Waals surface area contributed by atoms with Crippen molar-refractivity contribution in [1.82, 2.24) is 14.7 Å². The molecule has 1 aliphatic rings. The van der Waals surface area contributed by atoms with Crippen LogP contribution in [0.4, 0.5) is 5.13 Å². The summed E-state index contributed by atoms with van der Waals surface area (Å²) in [5.74, 6) is 0.901. The SMILES string of the molecule is CC(C)(C)c1nsc(NCC2COCCN2)n1. The van der Waals surface area contributed by atoms with Gasteiger partial charge in [0.2, 0.25) is 5.13 Å². The van der Waals surface area contributed by atoms with Crippen LogP contribution < -0.4 is 10.6 Å². The van der Waals surface area contributed by atoms with Gasteiger partial charge in [-0.2, -0.15) is 4.37 Å². The van der Waals surface area contributed by atoms with E-state index in [1.807, 2.05) is 0 Å². The molecule has 1 aromatic heterocycles. The summed E-state index contributed by atoms with van der Waals surface area (Å²) in [4.78, 5) is 4.49. The van der Waals surface area contributed by atoms with Crippen LogP contribution in [0.5, 0.6) is 0 Å². The first-order chi connectivity index (χ1) is 8.05. The lowest BCUT2D eigenvalue weighted by Crippen LogP contribution is -2.45. The van der Waals surface area contributed by atoms with Gasteiger partial charge in [-0.25, -0.2) is 4.98 Å². The second kappa shape index (κ2) is 5.29. The summed E-state index contributed by atoms with van der Waals surface area (Å²) in [6, 6.07) is 0.366. The molecule has 2 heterocycles. The number of aromatic nitrogens is 2. The summed E-state index contributed by atoms with van der Waals surface area (Å²) in [7, 11) is 0. The Hall–Kier alpha value is -0.720. The molecule has 0 aliphatic carbocycles. The van der Waals surface area contributed by atoms with Crippen LogP contribution in [0.2, 0.25) is 0 Å². The quantitative estimate of drug-likeness (QED) is 0.852. The molecule has 0 bridgehead atoms. The minimum atomic E-state index is 0.0165. The van der Waals surface area contributed by atoms with E-state index < -0.39 is 0 Å². The van der Waals surface area contributed by atoms with E-state index in [0.717, 1.165) is 37.3 Å². The monoisotopic (exact) mass is 256 g/mol. The fraction of sp³-hybridized carbons (Fsp3) is 0.818. The van der Waals surface area contributed by atoms with Gasteiger partial charge >= 0.3 is 0 Å². The van der Waals surface area contributed by atoms with Gasteiger partial charge < -0.3 is 15.4 Å². The topological polar surface area (TPSA) is 59.1 Å². The Labute approximate surface area is 106 Å². The molecule has 0 aromatic carbocycles. The average molecular weight is 256 g/mol. The maximum atomic E-state index is 5.39. The van der Waals surface area contributed by atoms with Crippen LogP contribution in [0.3, 0.4) is 0 Å². The first-order valence-electron chi connectivity index (χ1n) is 5.95. The summed E-state index contributed by atoms with van der Waals surface area (Å²) >= 11 is 1.42. The summed E-state index contributed by atoms with van der Waals surface area (Å²) in [6.07, 6.45) is 0. The third-order valence-corrected chi connectivity index (χ3v) is 3.27. The number of anilines is 1. The maximum Gasteiger partial charge on any atom is 0.202 e. The molecule has 0 amide bonds. The standard InChI is InChI=1S/C11H20N4OS/c1-11(2,3)9-14-10(17-15-9)13-6-8-7-16-5-4-12-8/h8,12H,4-7H2,1-3H3,(H,13,14,15). The van der Waals surface area contributed by atoms with Crippen LogP contribution in [0.15, 0.2) is 0 Å². The zero-order valence-corrected chi connectivity index (χ0v) is 11.4. The molecule has 5 nitrogen and oxygen atoms in total.